The van der Waals surface area contributed by atoms with E-state index in [0.29, 0.717) is 0 Å². The van der Waals surface area contributed by atoms with Crippen LogP contribution in [0.5, 0.6) is 0 Å². The Morgan fingerprint density at radius 3 is 2.62 bits per heavy atom. The standard InChI is InChI=1S/C21H23N3O2/c25-20(14-16-15-8-2-3-9-17(15)23-21(16)26)22-18-10-4-5-11-19(18)24-12-6-1-7-13-24/h2-5,8-11,16H,1,6-7,12-14H2,(H,22,25)(H,23,26). The van der Waals surface area contributed by atoms with Crippen molar-refractivity contribution < 1.29 is 9.59 Å². The van der Waals surface area contributed by atoms with Gasteiger partial charge in [0.15, 0.2) is 0 Å². The van der Waals surface area contributed by atoms with Gasteiger partial charge in [0.25, 0.3) is 0 Å². The number of fused-ring (bicyclic) bond motifs is 1. The molecule has 2 heterocycles. The molecule has 1 saturated heterocycles. The van der Waals surface area contributed by atoms with Crippen LogP contribution in [-0.4, -0.2) is 24.9 Å². The van der Waals surface area contributed by atoms with Crippen molar-refractivity contribution in [3.63, 3.8) is 0 Å². The molecule has 2 N–H and O–H groups in total. The minimum atomic E-state index is -0.423. The van der Waals surface area contributed by atoms with E-state index in [4.69, 9.17) is 0 Å². The Hall–Kier alpha value is -2.82. The van der Waals surface area contributed by atoms with E-state index >= 15 is 0 Å². The first kappa shape index (κ1) is 16.6. The second-order valence-electron chi connectivity index (χ2n) is 6.95. The summed E-state index contributed by atoms with van der Waals surface area (Å²) in [5, 5.41) is 5.88. The molecule has 2 aliphatic rings. The predicted octanol–water partition coefficient (Wildman–Crippen LogP) is 3.74. The summed E-state index contributed by atoms with van der Waals surface area (Å²) in [5.74, 6) is -0.662. The van der Waals surface area contributed by atoms with Gasteiger partial charge in [-0.3, -0.25) is 9.59 Å². The number of piperidine rings is 1. The molecule has 5 heteroatoms. The zero-order chi connectivity index (χ0) is 17.9. The molecule has 5 nitrogen and oxygen atoms in total. The van der Waals surface area contributed by atoms with Crippen LogP contribution in [0.25, 0.3) is 0 Å². The highest BCUT2D eigenvalue weighted by Gasteiger charge is 2.32. The van der Waals surface area contributed by atoms with Crippen molar-refractivity contribution in [3.8, 4) is 0 Å². The molecule has 26 heavy (non-hydrogen) atoms. The minimum Gasteiger partial charge on any atom is -0.370 e. The van der Waals surface area contributed by atoms with Crippen LogP contribution in [0, 0.1) is 0 Å². The fourth-order valence-corrected chi connectivity index (χ4v) is 3.85. The number of carbonyl (C=O) groups is 2. The Balaban J connectivity index is 1.48. The molecule has 1 atom stereocenters. The van der Waals surface area contributed by atoms with Crippen molar-refractivity contribution in [1.29, 1.82) is 0 Å². The van der Waals surface area contributed by atoms with Crippen LogP contribution in [0.4, 0.5) is 17.1 Å². The van der Waals surface area contributed by atoms with Crippen LogP contribution < -0.4 is 15.5 Å². The molecule has 0 bridgehead atoms. The number of nitrogens with zero attached hydrogens (tertiary/aromatic N) is 1. The molecule has 2 aromatic carbocycles. The van der Waals surface area contributed by atoms with E-state index < -0.39 is 5.92 Å². The average Bonchev–Trinajstić information content (AvgIpc) is 2.98. The molecular formula is C21H23N3O2. The summed E-state index contributed by atoms with van der Waals surface area (Å²) in [5.41, 5.74) is 3.60. The monoisotopic (exact) mass is 349 g/mol. The number of para-hydroxylation sites is 3. The van der Waals surface area contributed by atoms with E-state index in [1.807, 2.05) is 42.5 Å². The van der Waals surface area contributed by atoms with Crippen LogP contribution >= 0.6 is 0 Å². The fourth-order valence-electron chi connectivity index (χ4n) is 3.85. The summed E-state index contributed by atoms with van der Waals surface area (Å²) in [6, 6.07) is 15.5. The maximum Gasteiger partial charge on any atom is 0.232 e. The zero-order valence-corrected chi connectivity index (χ0v) is 14.7. The van der Waals surface area contributed by atoms with Gasteiger partial charge >= 0.3 is 0 Å². The van der Waals surface area contributed by atoms with E-state index in [9.17, 15) is 9.59 Å². The topological polar surface area (TPSA) is 61.4 Å². The second kappa shape index (κ2) is 7.20. The lowest BCUT2D eigenvalue weighted by Gasteiger charge is -2.30. The Morgan fingerprint density at radius 2 is 1.77 bits per heavy atom. The molecule has 0 radical (unpaired) electrons. The fraction of sp³-hybridized carbons (Fsp3) is 0.333. The summed E-state index contributed by atoms with van der Waals surface area (Å²) >= 11 is 0. The van der Waals surface area contributed by atoms with Crippen LogP contribution in [0.3, 0.4) is 0 Å². The van der Waals surface area contributed by atoms with Crippen LogP contribution in [0.2, 0.25) is 0 Å². The van der Waals surface area contributed by atoms with E-state index in [2.05, 4.69) is 21.6 Å². The van der Waals surface area contributed by atoms with Gasteiger partial charge in [0, 0.05) is 25.2 Å². The van der Waals surface area contributed by atoms with E-state index in [1.54, 1.807) is 0 Å². The number of rotatable bonds is 4. The number of nitrogens with one attached hydrogen (secondary N) is 2. The van der Waals surface area contributed by atoms with Crippen LogP contribution in [-0.2, 0) is 9.59 Å². The molecule has 4 rings (SSSR count). The third-order valence-corrected chi connectivity index (χ3v) is 5.17. The van der Waals surface area contributed by atoms with Gasteiger partial charge in [0.1, 0.15) is 0 Å². The third-order valence-electron chi connectivity index (χ3n) is 5.17. The van der Waals surface area contributed by atoms with E-state index in [1.165, 1.54) is 19.3 Å². The molecule has 1 fully saturated rings. The molecule has 1 unspecified atom stereocenters. The maximum atomic E-state index is 12.6. The minimum absolute atomic E-state index is 0.106. The average molecular weight is 349 g/mol. The summed E-state index contributed by atoms with van der Waals surface area (Å²) in [6.45, 7) is 2.04. The number of amides is 2. The number of anilines is 3. The number of hydrogen-bond acceptors (Lipinski definition) is 3. The summed E-state index contributed by atoms with van der Waals surface area (Å²) < 4.78 is 0. The smallest absolute Gasteiger partial charge is 0.232 e. The summed E-state index contributed by atoms with van der Waals surface area (Å²) in [7, 11) is 0. The first-order chi connectivity index (χ1) is 12.7. The molecular weight excluding hydrogens is 326 g/mol. The summed E-state index contributed by atoms with van der Waals surface area (Å²) in [6.07, 6.45) is 3.78. The van der Waals surface area contributed by atoms with Crippen molar-refractivity contribution in [2.24, 2.45) is 0 Å². The zero-order valence-electron chi connectivity index (χ0n) is 14.7. The van der Waals surface area contributed by atoms with Crippen LogP contribution in [0.15, 0.2) is 48.5 Å². The van der Waals surface area contributed by atoms with E-state index in [0.717, 1.165) is 35.7 Å². The van der Waals surface area contributed by atoms with Gasteiger partial charge in [-0.15, -0.1) is 0 Å². The van der Waals surface area contributed by atoms with Gasteiger partial charge in [0.05, 0.1) is 17.3 Å². The van der Waals surface area contributed by atoms with Gasteiger partial charge in [0.2, 0.25) is 11.8 Å². The van der Waals surface area contributed by atoms with Gasteiger partial charge in [-0.05, 0) is 43.0 Å². The van der Waals surface area contributed by atoms with Gasteiger partial charge < -0.3 is 15.5 Å². The van der Waals surface area contributed by atoms with Crippen LogP contribution in [0.1, 0.15) is 37.2 Å². The van der Waals surface area contributed by atoms with E-state index in [-0.39, 0.29) is 18.2 Å². The highest BCUT2D eigenvalue weighted by Crippen LogP contribution is 2.35. The predicted molar refractivity (Wildman–Crippen MR) is 104 cm³/mol. The lowest BCUT2D eigenvalue weighted by molar-refractivity contribution is -0.122. The Morgan fingerprint density at radius 1 is 1.04 bits per heavy atom. The summed E-state index contributed by atoms with van der Waals surface area (Å²) in [4.78, 5) is 27.2. The lowest BCUT2D eigenvalue weighted by Crippen LogP contribution is -2.30. The number of hydrogen-bond donors (Lipinski definition) is 2. The number of benzene rings is 2. The van der Waals surface area contributed by atoms with Gasteiger partial charge in [-0.1, -0.05) is 30.3 Å². The van der Waals surface area contributed by atoms with Crippen molar-refractivity contribution >= 4 is 28.9 Å². The van der Waals surface area contributed by atoms with Crippen molar-refractivity contribution in [1.82, 2.24) is 0 Å². The molecule has 134 valence electrons. The van der Waals surface area contributed by atoms with Gasteiger partial charge in [-0.2, -0.15) is 0 Å². The molecule has 0 spiro atoms. The second-order valence-corrected chi connectivity index (χ2v) is 6.95. The Labute approximate surface area is 153 Å². The highest BCUT2D eigenvalue weighted by molar-refractivity contribution is 6.06. The largest absolute Gasteiger partial charge is 0.370 e. The Bertz CT molecular complexity index is 828. The lowest BCUT2D eigenvalue weighted by atomic mass is 9.97. The van der Waals surface area contributed by atoms with Gasteiger partial charge in [-0.25, -0.2) is 0 Å². The molecule has 0 aromatic heterocycles. The highest BCUT2D eigenvalue weighted by atomic mass is 16.2. The first-order valence-electron chi connectivity index (χ1n) is 9.26. The first-order valence-corrected chi connectivity index (χ1v) is 9.26. The Kier molecular flexibility index (Phi) is 4.61. The van der Waals surface area contributed by atoms with Crippen molar-refractivity contribution in [2.45, 2.75) is 31.6 Å². The molecule has 2 amide bonds. The number of carbonyl (C=O) groups excluding carboxylic acids is 2. The molecule has 0 saturated carbocycles. The molecule has 0 aliphatic carbocycles. The maximum absolute atomic E-state index is 12.6. The quantitative estimate of drug-likeness (QED) is 0.884. The SMILES string of the molecule is O=C(CC1C(=O)Nc2ccccc21)Nc1ccccc1N1CCCCC1. The molecule has 2 aromatic rings. The normalized spacial score (nSPS) is 19.0. The molecule has 2 aliphatic heterocycles. The van der Waals surface area contributed by atoms with Crippen molar-refractivity contribution in [3.05, 3.63) is 54.1 Å². The van der Waals surface area contributed by atoms with Crippen molar-refractivity contribution in [2.75, 3.05) is 28.6 Å². The third kappa shape index (κ3) is 3.29.